The number of aromatic hydroxyl groups is 3. The molecule has 172 valence electrons. The van der Waals surface area contributed by atoms with Crippen molar-refractivity contribution in [2.45, 2.75) is 36.8 Å². The molecule has 2 aromatic rings. The quantitative estimate of drug-likeness (QED) is 0.241. The molecule has 0 amide bonds. The Morgan fingerprint density at radius 3 is 2.25 bits per heavy atom. The number of hydrogen-bond donors (Lipinski definition) is 7. The summed E-state index contributed by atoms with van der Waals surface area (Å²) in [6.45, 7) is -0.643. The molecule has 0 saturated carbocycles. The molecule has 4 rings (SSSR count). The third kappa shape index (κ3) is 4.23. The lowest BCUT2D eigenvalue weighted by Crippen LogP contribution is -2.59. The lowest BCUT2D eigenvalue weighted by atomic mass is 9.99. The molecule has 1 fully saturated rings. The van der Waals surface area contributed by atoms with E-state index in [2.05, 4.69) is 0 Å². The van der Waals surface area contributed by atoms with Crippen molar-refractivity contribution in [1.29, 1.82) is 0 Å². The first-order chi connectivity index (χ1) is 15.3. The van der Waals surface area contributed by atoms with E-state index in [0.717, 1.165) is 6.07 Å². The fourth-order valence-corrected chi connectivity index (χ4v) is 3.46. The second kappa shape index (κ2) is 8.92. The van der Waals surface area contributed by atoms with E-state index in [4.69, 9.17) is 19.2 Å². The van der Waals surface area contributed by atoms with Gasteiger partial charge in [-0.25, -0.2) is 9.78 Å². The second-order valence-electron chi connectivity index (χ2n) is 7.37. The molecule has 0 aliphatic carbocycles. The van der Waals surface area contributed by atoms with Crippen LogP contribution in [0.25, 0.3) is 5.76 Å². The SMILES string of the molecule is OC[C@H]1OC(OOC2C=C(c3ccc(O)cc3)Oc3cc(O)cc(O)c32)[C@H](O)[C@@H](O)[C@@H]1O. The van der Waals surface area contributed by atoms with Crippen molar-refractivity contribution in [3.8, 4) is 23.0 Å². The zero-order chi connectivity index (χ0) is 23.0. The largest absolute Gasteiger partial charge is 0.508 e. The molecule has 2 unspecified atom stereocenters. The van der Waals surface area contributed by atoms with Crippen molar-refractivity contribution in [2.24, 2.45) is 0 Å². The van der Waals surface area contributed by atoms with E-state index < -0.39 is 43.4 Å². The molecule has 2 aliphatic rings. The van der Waals surface area contributed by atoms with Crippen LogP contribution in [0.15, 0.2) is 42.5 Å². The number of ether oxygens (including phenoxy) is 2. The number of hydrogen-bond acceptors (Lipinski definition) is 11. The fourth-order valence-electron chi connectivity index (χ4n) is 3.46. The highest BCUT2D eigenvalue weighted by Gasteiger charge is 2.45. The lowest BCUT2D eigenvalue weighted by Gasteiger charge is -2.39. The van der Waals surface area contributed by atoms with E-state index >= 15 is 0 Å². The van der Waals surface area contributed by atoms with Gasteiger partial charge in [0, 0.05) is 17.7 Å². The minimum absolute atomic E-state index is 0.0413. The van der Waals surface area contributed by atoms with E-state index in [-0.39, 0.29) is 34.3 Å². The van der Waals surface area contributed by atoms with Crippen LogP contribution in [0.2, 0.25) is 0 Å². The Balaban J connectivity index is 1.61. The van der Waals surface area contributed by atoms with Crippen LogP contribution < -0.4 is 4.74 Å². The molecule has 2 aromatic carbocycles. The summed E-state index contributed by atoms with van der Waals surface area (Å²) in [5, 5.41) is 68.9. The van der Waals surface area contributed by atoms with Gasteiger partial charge in [0.05, 0.1) is 12.2 Å². The number of phenols is 3. The van der Waals surface area contributed by atoms with Crippen LogP contribution in [0.1, 0.15) is 17.2 Å². The van der Waals surface area contributed by atoms with Crippen molar-refractivity contribution in [1.82, 2.24) is 0 Å². The molecular weight excluding hydrogens is 428 g/mol. The summed E-state index contributed by atoms with van der Waals surface area (Å²) in [4.78, 5) is 10.5. The van der Waals surface area contributed by atoms with Gasteiger partial charge in [0.2, 0.25) is 6.29 Å². The molecule has 0 aromatic heterocycles. The first kappa shape index (κ1) is 22.3. The smallest absolute Gasteiger partial charge is 0.220 e. The van der Waals surface area contributed by atoms with Crippen molar-refractivity contribution >= 4 is 5.76 Å². The zero-order valence-electron chi connectivity index (χ0n) is 16.5. The number of aliphatic hydroxyl groups excluding tert-OH is 4. The van der Waals surface area contributed by atoms with Crippen LogP contribution in [0, 0.1) is 0 Å². The van der Waals surface area contributed by atoms with Gasteiger partial charge >= 0.3 is 0 Å². The lowest BCUT2D eigenvalue weighted by molar-refractivity contribution is -0.437. The van der Waals surface area contributed by atoms with E-state index in [1.165, 1.54) is 24.3 Å². The minimum atomic E-state index is -1.69. The number of fused-ring (bicyclic) bond motifs is 1. The van der Waals surface area contributed by atoms with Crippen LogP contribution in [0.4, 0.5) is 0 Å². The highest BCUT2D eigenvalue weighted by atomic mass is 17.2. The Hall–Kier alpha value is -2.90. The van der Waals surface area contributed by atoms with E-state index in [9.17, 15) is 35.7 Å². The standard InChI is InChI=1S/C21H22O11/c22-8-16-18(26)19(27)20(28)21(30-16)32-31-15-7-13(9-1-3-10(23)4-2-9)29-14-6-11(24)5-12(25)17(14)15/h1-7,15-16,18-28H,8H2/t15?,16-,18-,19+,20-,21?/m1/s1. The predicted molar refractivity (Wildman–Crippen MR) is 105 cm³/mol. The summed E-state index contributed by atoms with van der Waals surface area (Å²) >= 11 is 0. The maximum absolute atomic E-state index is 10.3. The van der Waals surface area contributed by atoms with Crippen LogP contribution in [0.5, 0.6) is 23.0 Å². The minimum Gasteiger partial charge on any atom is -0.508 e. The maximum atomic E-state index is 10.3. The zero-order valence-corrected chi connectivity index (χ0v) is 16.5. The Kier molecular flexibility index (Phi) is 6.22. The highest BCUT2D eigenvalue weighted by molar-refractivity contribution is 5.68. The van der Waals surface area contributed by atoms with Crippen molar-refractivity contribution in [3.63, 3.8) is 0 Å². The molecular formula is C21H22O11. The van der Waals surface area contributed by atoms with Gasteiger partial charge in [-0.2, -0.15) is 0 Å². The Morgan fingerprint density at radius 1 is 0.844 bits per heavy atom. The Morgan fingerprint density at radius 2 is 1.56 bits per heavy atom. The monoisotopic (exact) mass is 450 g/mol. The van der Waals surface area contributed by atoms with Crippen molar-refractivity contribution in [3.05, 3.63) is 53.6 Å². The molecule has 2 heterocycles. The van der Waals surface area contributed by atoms with Crippen LogP contribution in [-0.4, -0.2) is 73.1 Å². The average molecular weight is 450 g/mol. The molecule has 2 aliphatic heterocycles. The third-order valence-corrected chi connectivity index (χ3v) is 5.17. The predicted octanol–water partition coefficient (Wildman–Crippen LogP) is 0.0261. The first-order valence-corrected chi connectivity index (χ1v) is 9.66. The molecule has 32 heavy (non-hydrogen) atoms. The van der Waals surface area contributed by atoms with Gasteiger partial charge in [-0.15, -0.1) is 0 Å². The van der Waals surface area contributed by atoms with E-state index in [1.54, 1.807) is 12.1 Å². The van der Waals surface area contributed by atoms with Gasteiger partial charge in [0.1, 0.15) is 59.3 Å². The fraction of sp³-hybridized carbons (Fsp3) is 0.333. The average Bonchev–Trinajstić information content (AvgIpc) is 2.76. The topological polar surface area (TPSA) is 179 Å². The summed E-state index contributed by atoms with van der Waals surface area (Å²) in [7, 11) is 0. The second-order valence-corrected chi connectivity index (χ2v) is 7.37. The molecule has 7 N–H and O–H groups in total. The number of phenolic OH excluding ortho intramolecular Hbond substituents is 3. The summed E-state index contributed by atoms with van der Waals surface area (Å²) < 4.78 is 11.0. The molecule has 0 spiro atoms. The van der Waals surface area contributed by atoms with Crippen LogP contribution in [0.3, 0.4) is 0 Å². The van der Waals surface area contributed by atoms with Gasteiger partial charge in [0.15, 0.2) is 0 Å². The molecule has 1 saturated heterocycles. The third-order valence-electron chi connectivity index (χ3n) is 5.17. The summed E-state index contributed by atoms with van der Waals surface area (Å²) in [6.07, 6.45) is -7.36. The number of benzene rings is 2. The Labute approximate surface area is 181 Å². The van der Waals surface area contributed by atoms with Gasteiger partial charge in [-0.05, 0) is 30.3 Å². The molecule has 11 nitrogen and oxygen atoms in total. The van der Waals surface area contributed by atoms with Gasteiger partial charge < -0.3 is 45.2 Å². The normalized spacial score (nSPS) is 29.7. The van der Waals surface area contributed by atoms with Gasteiger partial charge in [-0.3, -0.25) is 0 Å². The van der Waals surface area contributed by atoms with E-state index in [1.807, 2.05) is 0 Å². The number of aliphatic hydroxyl groups is 4. The Bertz CT molecular complexity index is 988. The van der Waals surface area contributed by atoms with E-state index in [0.29, 0.717) is 5.56 Å². The van der Waals surface area contributed by atoms with Gasteiger partial charge in [-0.1, -0.05) is 0 Å². The number of rotatable bonds is 5. The maximum Gasteiger partial charge on any atom is 0.220 e. The van der Waals surface area contributed by atoms with Crippen LogP contribution >= 0.6 is 0 Å². The molecule has 0 radical (unpaired) electrons. The summed E-state index contributed by atoms with van der Waals surface area (Å²) in [5.41, 5.74) is 0.646. The van der Waals surface area contributed by atoms with Crippen molar-refractivity contribution < 1.29 is 55.0 Å². The molecule has 11 heteroatoms. The van der Waals surface area contributed by atoms with Crippen molar-refractivity contribution in [2.75, 3.05) is 6.61 Å². The summed E-state index contributed by atoms with van der Waals surface area (Å²) in [5.74, 6) is -0.259. The molecule has 6 atom stereocenters. The molecule has 0 bridgehead atoms. The van der Waals surface area contributed by atoms with Gasteiger partial charge in [0.25, 0.3) is 0 Å². The first-order valence-electron chi connectivity index (χ1n) is 9.66. The summed E-state index contributed by atoms with van der Waals surface area (Å²) in [6, 6.07) is 8.36. The van der Waals surface area contributed by atoms with Crippen LogP contribution in [-0.2, 0) is 14.5 Å². The highest BCUT2D eigenvalue weighted by Crippen LogP contribution is 2.45.